The van der Waals surface area contributed by atoms with Gasteiger partial charge in [-0.15, -0.1) is 0 Å². The number of nitrogens with two attached hydrogens (primary N) is 1. The first-order valence-corrected chi connectivity index (χ1v) is 11.4. The number of likely N-dealkylation sites (tertiary alicyclic amines) is 1. The summed E-state index contributed by atoms with van der Waals surface area (Å²) in [4.78, 5) is 38.7. The molecule has 3 N–H and O–H groups in total. The lowest BCUT2D eigenvalue weighted by Crippen LogP contribution is -2.39. The predicted molar refractivity (Wildman–Crippen MR) is 124 cm³/mol. The summed E-state index contributed by atoms with van der Waals surface area (Å²) >= 11 is 0. The van der Waals surface area contributed by atoms with Gasteiger partial charge < -0.3 is 20.5 Å². The maximum absolute atomic E-state index is 12.5. The molecule has 3 rings (SSSR count). The minimum Gasteiger partial charge on any atom is -0.508 e. The summed E-state index contributed by atoms with van der Waals surface area (Å²) in [6.07, 6.45) is 2.67. The van der Waals surface area contributed by atoms with Crippen molar-refractivity contribution in [2.24, 2.45) is 11.7 Å². The first kappa shape index (κ1) is 24.9. The van der Waals surface area contributed by atoms with Crippen LogP contribution in [0.25, 0.3) is 0 Å². The van der Waals surface area contributed by atoms with Crippen LogP contribution < -0.4 is 5.73 Å². The molecule has 0 bridgehead atoms. The number of hydrogen-bond acceptors (Lipinski definition) is 7. The molecule has 8 nitrogen and oxygen atoms in total. The number of esters is 2. The van der Waals surface area contributed by atoms with Crippen molar-refractivity contribution < 1.29 is 24.2 Å². The number of phenols is 1. The molecule has 0 aromatic heterocycles. The number of carbonyl (C=O) groups is 3. The largest absolute Gasteiger partial charge is 0.508 e. The Balaban J connectivity index is 1.36. The summed E-state index contributed by atoms with van der Waals surface area (Å²) in [7, 11) is 0. The maximum Gasteiger partial charge on any atom is 0.330 e. The number of hydrogen-bond donors (Lipinski definition) is 2. The normalized spacial score (nSPS) is 14.8. The fourth-order valence-corrected chi connectivity index (χ4v) is 3.98. The Labute approximate surface area is 198 Å². The van der Waals surface area contributed by atoms with Gasteiger partial charge in [0, 0.05) is 25.9 Å². The molecule has 1 fully saturated rings. The van der Waals surface area contributed by atoms with Gasteiger partial charge >= 0.3 is 11.9 Å². The van der Waals surface area contributed by atoms with Crippen molar-refractivity contribution in [1.29, 1.82) is 5.26 Å². The number of nitrogens with zero attached hydrogens (tertiary/aromatic N) is 2. The summed E-state index contributed by atoms with van der Waals surface area (Å²) in [5, 5.41) is 18.2. The Hall–Kier alpha value is -3.70. The number of ether oxygens (including phenoxy) is 1. The average molecular weight is 464 g/mol. The zero-order valence-corrected chi connectivity index (χ0v) is 19.0. The Morgan fingerprint density at radius 3 is 2.29 bits per heavy atom. The first-order chi connectivity index (χ1) is 16.3. The molecule has 1 saturated heterocycles. The molecule has 1 aliphatic heterocycles. The van der Waals surface area contributed by atoms with Crippen LogP contribution in [0.2, 0.25) is 0 Å². The standard InChI is InChI=1S/C26H29N3O5/c27-17-21-3-1-18(2-4-21)7-10-24(31)29-13-11-20(12-14-29)16-25(32)34-26(33)23(28)15-19-5-8-22(30)9-6-19/h1-6,8-9,20,23,30H,7,10-16,28H2/t23-/m0/s1. The van der Waals surface area contributed by atoms with Crippen molar-refractivity contribution in [1.82, 2.24) is 4.90 Å². The molecule has 1 heterocycles. The molecule has 0 saturated carbocycles. The summed E-state index contributed by atoms with van der Waals surface area (Å²) in [6.45, 7) is 1.14. The molecule has 1 amide bonds. The zero-order chi connectivity index (χ0) is 24.5. The van der Waals surface area contributed by atoms with Crippen LogP contribution in [-0.2, 0) is 32.0 Å². The van der Waals surface area contributed by atoms with Gasteiger partial charge in [0.25, 0.3) is 0 Å². The smallest absolute Gasteiger partial charge is 0.330 e. The van der Waals surface area contributed by atoms with E-state index in [0.29, 0.717) is 44.3 Å². The van der Waals surface area contributed by atoms with E-state index in [2.05, 4.69) is 6.07 Å². The highest BCUT2D eigenvalue weighted by Gasteiger charge is 2.26. The fourth-order valence-electron chi connectivity index (χ4n) is 3.98. The van der Waals surface area contributed by atoms with Crippen LogP contribution in [-0.4, -0.2) is 47.0 Å². The number of amides is 1. The van der Waals surface area contributed by atoms with Crippen LogP contribution in [0.5, 0.6) is 5.75 Å². The van der Waals surface area contributed by atoms with E-state index in [9.17, 15) is 19.5 Å². The van der Waals surface area contributed by atoms with E-state index in [1.54, 1.807) is 24.3 Å². The maximum atomic E-state index is 12.5. The van der Waals surface area contributed by atoms with Crippen molar-refractivity contribution in [2.75, 3.05) is 13.1 Å². The first-order valence-electron chi connectivity index (χ1n) is 11.4. The zero-order valence-electron chi connectivity index (χ0n) is 19.0. The second-order valence-corrected chi connectivity index (χ2v) is 8.61. The van der Waals surface area contributed by atoms with Crippen LogP contribution >= 0.6 is 0 Å². The molecule has 178 valence electrons. The highest BCUT2D eigenvalue weighted by Crippen LogP contribution is 2.22. The van der Waals surface area contributed by atoms with E-state index in [4.69, 9.17) is 15.7 Å². The number of rotatable bonds is 8. The highest BCUT2D eigenvalue weighted by molar-refractivity contribution is 5.88. The molecule has 2 aromatic rings. The van der Waals surface area contributed by atoms with Crippen molar-refractivity contribution in [3.05, 3.63) is 65.2 Å². The van der Waals surface area contributed by atoms with Gasteiger partial charge in [0.2, 0.25) is 5.91 Å². The van der Waals surface area contributed by atoms with Gasteiger partial charge in [0.15, 0.2) is 0 Å². The number of benzene rings is 2. The van der Waals surface area contributed by atoms with Crippen LogP contribution in [0.1, 0.15) is 42.4 Å². The van der Waals surface area contributed by atoms with Crippen LogP contribution in [0.4, 0.5) is 0 Å². The summed E-state index contributed by atoms with van der Waals surface area (Å²) in [5.74, 6) is -1.13. The van der Waals surface area contributed by atoms with Crippen LogP contribution in [0, 0.1) is 17.2 Å². The lowest BCUT2D eigenvalue weighted by molar-refractivity contribution is -0.161. The quantitative estimate of drug-likeness (QED) is 0.454. The molecule has 0 radical (unpaired) electrons. The van der Waals surface area contributed by atoms with Gasteiger partial charge in [-0.25, -0.2) is 4.79 Å². The second-order valence-electron chi connectivity index (χ2n) is 8.61. The van der Waals surface area contributed by atoms with E-state index in [-0.39, 0.29) is 30.4 Å². The Morgan fingerprint density at radius 1 is 1.06 bits per heavy atom. The number of nitriles is 1. The number of aromatic hydroxyl groups is 1. The van der Waals surface area contributed by atoms with Crippen molar-refractivity contribution in [2.45, 2.75) is 44.6 Å². The fraction of sp³-hybridized carbons (Fsp3) is 0.385. The van der Waals surface area contributed by atoms with Gasteiger partial charge in [-0.05, 0) is 67.0 Å². The topological polar surface area (TPSA) is 134 Å². The van der Waals surface area contributed by atoms with Crippen LogP contribution in [0.3, 0.4) is 0 Å². The number of piperidine rings is 1. The van der Waals surface area contributed by atoms with E-state index in [1.807, 2.05) is 17.0 Å². The van der Waals surface area contributed by atoms with E-state index in [1.165, 1.54) is 12.1 Å². The van der Waals surface area contributed by atoms with Crippen LogP contribution in [0.15, 0.2) is 48.5 Å². The summed E-state index contributed by atoms with van der Waals surface area (Å²) in [5.41, 5.74) is 8.22. The number of aryl methyl sites for hydroxylation is 1. The van der Waals surface area contributed by atoms with Crippen molar-refractivity contribution >= 4 is 17.8 Å². The van der Waals surface area contributed by atoms with E-state index in [0.717, 1.165) is 11.1 Å². The summed E-state index contributed by atoms with van der Waals surface area (Å²) < 4.78 is 4.94. The predicted octanol–water partition coefficient (Wildman–Crippen LogP) is 2.46. The van der Waals surface area contributed by atoms with E-state index >= 15 is 0 Å². The minimum atomic E-state index is -0.968. The van der Waals surface area contributed by atoms with E-state index < -0.39 is 18.0 Å². The number of phenolic OH excluding ortho intramolecular Hbond substituents is 1. The molecule has 2 aromatic carbocycles. The molecule has 8 heteroatoms. The van der Waals surface area contributed by atoms with Gasteiger partial charge in [-0.2, -0.15) is 5.26 Å². The van der Waals surface area contributed by atoms with Crippen molar-refractivity contribution in [3.8, 4) is 11.8 Å². The minimum absolute atomic E-state index is 0.0520. The second kappa shape index (κ2) is 12.0. The Kier molecular flexibility index (Phi) is 8.77. The third-order valence-electron chi connectivity index (χ3n) is 6.04. The Bertz CT molecular complexity index is 1040. The van der Waals surface area contributed by atoms with Gasteiger partial charge in [-0.1, -0.05) is 24.3 Å². The molecular weight excluding hydrogens is 434 g/mol. The third-order valence-corrected chi connectivity index (χ3v) is 6.04. The molecular formula is C26H29N3O5. The molecule has 0 aliphatic carbocycles. The Morgan fingerprint density at radius 2 is 1.68 bits per heavy atom. The molecule has 34 heavy (non-hydrogen) atoms. The molecule has 1 atom stereocenters. The average Bonchev–Trinajstić information content (AvgIpc) is 2.84. The lowest BCUT2D eigenvalue weighted by Gasteiger charge is -2.31. The molecule has 0 unspecified atom stereocenters. The molecule has 1 aliphatic rings. The highest BCUT2D eigenvalue weighted by atomic mass is 16.6. The summed E-state index contributed by atoms with van der Waals surface area (Å²) in [6, 6.07) is 14.6. The van der Waals surface area contributed by atoms with Gasteiger partial charge in [0.1, 0.15) is 11.8 Å². The lowest BCUT2D eigenvalue weighted by atomic mass is 9.93. The molecule has 0 spiro atoms. The van der Waals surface area contributed by atoms with Crippen molar-refractivity contribution in [3.63, 3.8) is 0 Å². The van der Waals surface area contributed by atoms with Gasteiger partial charge in [-0.3, -0.25) is 9.59 Å². The number of carbonyl (C=O) groups excluding carboxylic acids is 3. The SMILES string of the molecule is N#Cc1ccc(CCC(=O)N2CCC(CC(=O)OC(=O)[C@@H](N)Cc3ccc(O)cc3)CC2)cc1. The third kappa shape index (κ3) is 7.42. The van der Waals surface area contributed by atoms with Gasteiger partial charge in [0.05, 0.1) is 11.6 Å². The monoisotopic (exact) mass is 463 g/mol.